The molecule has 1 aromatic carbocycles. The van der Waals surface area contributed by atoms with Gasteiger partial charge in [-0.25, -0.2) is 9.78 Å². The van der Waals surface area contributed by atoms with Crippen LogP contribution in [-0.2, 0) is 22.4 Å². The van der Waals surface area contributed by atoms with E-state index < -0.39 is 12.0 Å². The Labute approximate surface area is 139 Å². The lowest BCUT2D eigenvalue weighted by molar-refractivity contribution is -0.141. The minimum atomic E-state index is -1.12. The first-order valence-electron chi connectivity index (χ1n) is 7.41. The van der Waals surface area contributed by atoms with Crippen molar-refractivity contribution in [2.75, 3.05) is 13.0 Å². The highest BCUT2D eigenvalue weighted by Crippen LogP contribution is 2.12. The highest BCUT2D eigenvalue weighted by molar-refractivity contribution is 5.83. The number of methoxy groups -OCH3 is 1. The van der Waals surface area contributed by atoms with Crippen LogP contribution in [0.4, 0.5) is 0 Å². The molecule has 2 rings (SSSR count). The van der Waals surface area contributed by atoms with E-state index in [0.29, 0.717) is 12.1 Å². The maximum absolute atomic E-state index is 12.0. The number of amides is 1. The third kappa shape index (κ3) is 4.73. The molecule has 1 atom stereocenters. The lowest BCUT2D eigenvalue weighted by Crippen LogP contribution is -2.43. The maximum Gasteiger partial charge on any atom is 0.326 e. The number of carboxylic acid groups (broad SMARTS) is 1. The van der Waals surface area contributed by atoms with Crippen LogP contribution in [-0.4, -0.2) is 39.8 Å². The fourth-order valence-corrected chi connectivity index (χ4v) is 2.22. The molecular weight excluding hydrogens is 312 g/mol. The number of hydrogen-bond donors (Lipinski definition) is 3. The van der Waals surface area contributed by atoms with Crippen LogP contribution in [0.3, 0.4) is 0 Å². The molecule has 0 bridgehead atoms. The minimum Gasteiger partial charge on any atom is -0.497 e. The molecule has 0 aliphatic heterocycles. The van der Waals surface area contributed by atoms with Gasteiger partial charge < -0.3 is 21.0 Å². The van der Waals surface area contributed by atoms with Crippen LogP contribution in [0.2, 0.25) is 0 Å². The van der Waals surface area contributed by atoms with Gasteiger partial charge in [-0.15, -0.1) is 0 Å². The Morgan fingerprint density at radius 2 is 2.08 bits per heavy atom. The summed E-state index contributed by atoms with van der Waals surface area (Å²) < 4.78 is 6.31. The molecule has 0 radical (unpaired) electrons. The number of nitrogen functional groups attached to an aromatic ring is 1. The molecule has 1 heterocycles. The Bertz CT molecular complexity index is 696. The molecule has 0 saturated heterocycles. The summed E-state index contributed by atoms with van der Waals surface area (Å²) >= 11 is 0. The molecule has 0 aliphatic rings. The van der Waals surface area contributed by atoms with Crippen molar-refractivity contribution in [1.29, 1.82) is 0 Å². The molecule has 0 aliphatic carbocycles. The number of nitrogens with zero attached hydrogens (tertiary/aromatic N) is 2. The van der Waals surface area contributed by atoms with Crippen molar-refractivity contribution in [2.24, 2.45) is 0 Å². The summed E-state index contributed by atoms with van der Waals surface area (Å²) in [5.41, 5.74) is 1.50. The molecule has 0 unspecified atom stereocenters. The molecule has 4 N–H and O–H groups in total. The largest absolute Gasteiger partial charge is 0.497 e. The van der Waals surface area contributed by atoms with Gasteiger partial charge >= 0.3 is 5.97 Å². The van der Waals surface area contributed by atoms with Crippen LogP contribution in [0.1, 0.15) is 17.7 Å². The number of imidazole rings is 1. The van der Waals surface area contributed by atoms with E-state index in [4.69, 9.17) is 10.6 Å². The predicted octanol–water partition coefficient (Wildman–Crippen LogP) is 0.350. The number of rotatable bonds is 8. The summed E-state index contributed by atoms with van der Waals surface area (Å²) in [5.74, 6) is 4.91. The Kier molecular flexibility index (Phi) is 5.78. The smallest absolute Gasteiger partial charge is 0.326 e. The average molecular weight is 332 g/mol. The molecule has 1 amide bonds. The molecule has 0 fully saturated rings. The fraction of sp³-hybridized carbons (Fsp3) is 0.312. The van der Waals surface area contributed by atoms with Crippen molar-refractivity contribution in [2.45, 2.75) is 25.3 Å². The minimum absolute atomic E-state index is 0.0696. The summed E-state index contributed by atoms with van der Waals surface area (Å²) in [7, 11) is 1.59. The van der Waals surface area contributed by atoms with Gasteiger partial charge in [0.05, 0.1) is 19.0 Å². The molecular formula is C16H20N4O4. The lowest BCUT2D eigenvalue weighted by Gasteiger charge is -2.14. The summed E-state index contributed by atoms with van der Waals surface area (Å²) in [4.78, 5) is 27.2. The third-order valence-corrected chi connectivity index (χ3v) is 3.59. The van der Waals surface area contributed by atoms with Crippen molar-refractivity contribution in [3.05, 3.63) is 48.0 Å². The van der Waals surface area contributed by atoms with Gasteiger partial charge in [-0.1, -0.05) is 12.1 Å². The summed E-state index contributed by atoms with van der Waals surface area (Å²) in [6, 6.07) is 6.32. The zero-order chi connectivity index (χ0) is 17.5. The maximum atomic E-state index is 12.0. The number of aliphatic carboxylic acids is 1. The van der Waals surface area contributed by atoms with E-state index >= 15 is 0 Å². The zero-order valence-corrected chi connectivity index (χ0v) is 13.3. The number of benzene rings is 1. The van der Waals surface area contributed by atoms with Gasteiger partial charge in [0.1, 0.15) is 18.1 Å². The molecule has 1 aromatic heterocycles. The van der Waals surface area contributed by atoms with Crippen molar-refractivity contribution in [3.8, 4) is 5.75 Å². The second kappa shape index (κ2) is 8.00. The zero-order valence-electron chi connectivity index (χ0n) is 13.3. The SMILES string of the molecule is COc1ccc(CCC(=O)N[C@H](Cc2cncn2N)C(=O)O)cc1. The van der Waals surface area contributed by atoms with E-state index in [2.05, 4.69) is 10.3 Å². The quantitative estimate of drug-likeness (QED) is 0.600. The van der Waals surface area contributed by atoms with Gasteiger partial charge in [0.15, 0.2) is 0 Å². The standard InChI is InChI=1S/C16H20N4O4/c1-24-13-5-2-11(3-6-13)4-7-15(21)19-14(16(22)23)8-12-9-18-10-20(12)17/h2-3,5-6,9-10,14H,4,7-8,17H2,1H3,(H,19,21)(H,22,23)/t14-/m1/s1. The molecule has 2 aromatic rings. The van der Waals surface area contributed by atoms with Gasteiger partial charge in [0.2, 0.25) is 5.91 Å². The van der Waals surface area contributed by atoms with Crippen LogP contribution in [0.25, 0.3) is 0 Å². The number of hydrogen-bond acceptors (Lipinski definition) is 5. The number of ether oxygens (including phenoxy) is 1. The fourth-order valence-electron chi connectivity index (χ4n) is 2.22. The van der Waals surface area contributed by atoms with Crippen molar-refractivity contribution < 1.29 is 19.4 Å². The number of nitrogens with one attached hydrogen (secondary N) is 1. The van der Waals surface area contributed by atoms with E-state index in [0.717, 1.165) is 11.3 Å². The number of carbonyl (C=O) groups excluding carboxylic acids is 1. The average Bonchev–Trinajstić information content (AvgIpc) is 2.97. The molecule has 8 heteroatoms. The second-order valence-electron chi connectivity index (χ2n) is 5.30. The van der Waals surface area contributed by atoms with Gasteiger partial charge in [-0.2, -0.15) is 0 Å². The van der Waals surface area contributed by atoms with Gasteiger partial charge in [0, 0.05) is 12.8 Å². The second-order valence-corrected chi connectivity index (χ2v) is 5.30. The highest BCUT2D eigenvalue weighted by atomic mass is 16.5. The van der Waals surface area contributed by atoms with E-state index in [9.17, 15) is 14.7 Å². The summed E-state index contributed by atoms with van der Waals surface area (Å²) in [5, 5.41) is 11.8. The Hall–Kier alpha value is -3.03. The van der Waals surface area contributed by atoms with Crippen LogP contribution in [0.5, 0.6) is 5.75 Å². The Morgan fingerprint density at radius 3 is 2.62 bits per heavy atom. The third-order valence-electron chi connectivity index (χ3n) is 3.59. The van der Waals surface area contributed by atoms with Gasteiger partial charge in [-0.05, 0) is 24.1 Å². The molecule has 24 heavy (non-hydrogen) atoms. The van der Waals surface area contributed by atoms with E-state index in [-0.39, 0.29) is 18.7 Å². The van der Waals surface area contributed by atoms with Crippen LogP contribution >= 0.6 is 0 Å². The van der Waals surface area contributed by atoms with Crippen molar-refractivity contribution in [1.82, 2.24) is 15.0 Å². The Morgan fingerprint density at radius 1 is 1.38 bits per heavy atom. The first-order chi connectivity index (χ1) is 11.5. The normalized spacial score (nSPS) is 11.7. The van der Waals surface area contributed by atoms with E-state index in [1.807, 2.05) is 24.3 Å². The number of aromatic nitrogens is 2. The predicted molar refractivity (Wildman–Crippen MR) is 87.0 cm³/mol. The van der Waals surface area contributed by atoms with E-state index in [1.165, 1.54) is 17.2 Å². The Balaban J connectivity index is 1.88. The van der Waals surface area contributed by atoms with Gasteiger partial charge in [-0.3, -0.25) is 9.47 Å². The number of carboxylic acids is 1. The topological polar surface area (TPSA) is 119 Å². The molecule has 128 valence electrons. The van der Waals surface area contributed by atoms with Gasteiger partial charge in [0.25, 0.3) is 0 Å². The number of nitrogens with two attached hydrogens (primary N) is 1. The summed E-state index contributed by atoms with van der Waals surface area (Å²) in [6.07, 6.45) is 3.62. The van der Waals surface area contributed by atoms with Crippen molar-refractivity contribution in [3.63, 3.8) is 0 Å². The monoisotopic (exact) mass is 332 g/mol. The molecule has 0 saturated carbocycles. The molecule has 0 spiro atoms. The van der Waals surface area contributed by atoms with Crippen molar-refractivity contribution >= 4 is 11.9 Å². The summed E-state index contributed by atoms with van der Waals surface area (Å²) in [6.45, 7) is 0. The van der Waals surface area contributed by atoms with Crippen LogP contribution in [0, 0.1) is 0 Å². The number of aryl methyl sites for hydroxylation is 1. The lowest BCUT2D eigenvalue weighted by atomic mass is 10.1. The van der Waals surface area contributed by atoms with Crippen LogP contribution < -0.4 is 15.9 Å². The molecule has 8 nitrogen and oxygen atoms in total. The van der Waals surface area contributed by atoms with Crippen LogP contribution in [0.15, 0.2) is 36.8 Å². The number of carbonyl (C=O) groups is 2. The first kappa shape index (κ1) is 17.3. The highest BCUT2D eigenvalue weighted by Gasteiger charge is 2.21. The van der Waals surface area contributed by atoms with E-state index in [1.54, 1.807) is 7.11 Å². The first-order valence-corrected chi connectivity index (χ1v) is 7.41.